The summed E-state index contributed by atoms with van der Waals surface area (Å²) in [6.07, 6.45) is 6.80. The Morgan fingerprint density at radius 3 is 2.21 bits per heavy atom. The second-order valence-corrected chi connectivity index (χ2v) is 12.5. The third-order valence-electron chi connectivity index (χ3n) is 7.02. The monoisotopic (exact) mass is 487 g/mol. The highest BCUT2D eigenvalue weighted by Gasteiger charge is 2.53. The van der Waals surface area contributed by atoms with E-state index in [9.17, 15) is 5.11 Å². The summed E-state index contributed by atoms with van der Waals surface area (Å²) in [5.41, 5.74) is 0.242. The van der Waals surface area contributed by atoms with Crippen molar-refractivity contribution in [3.05, 3.63) is 0 Å². The first-order chi connectivity index (χ1) is 11.1. The molecule has 0 amide bonds. The van der Waals surface area contributed by atoms with Crippen molar-refractivity contribution in [2.45, 2.75) is 83.5 Å². The van der Waals surface area contributed by atoms with Crippen LogP contribution in [0, 0.1) is 23.2 Å². The molecule has 2 fully saturated rings. The molecule has 2 nitrogen and oxygen atoms in total. The summed E-state index contributed by atoms with van der Waals surface area (Å²) in [5.74, 6) is 1.64. The second-order valence-electron chi connectivity index (χ2n) is 9.14. The number of alkyl halides is 1. The fourth-order valence-electron chi connectivity index (χ4n) is 4.84. The van der Waals surface area contributed by atoms with Crippen LogP contribution in [0.3, 0.4) is 0 Å². The first-order valence-corrected chi connectivity index (χ1v) is 14.1. The molecule has 1 saturated heterocycles. The number of piperidine rings is 1. The van der Waals surface area contributed by atoms with Crippen molar-refractivity contribution in [1.82, 2.24) is 4.90 Å². The average Bonchev–Trinajstić information content (AvgIpc) is 2.53. The number of halogens is 2. The van der Waals surface area contributed by atoms with E-state index in [0.29, 0.717) is 22.4 Å². The second kappa shape index (κ2) is 8.59. The standard InChI is InChI=1S/C19H36ClINOP/c1-13(2)14(3)17(23)22-11-10-19(24-21,18(4,5)12-22)15-6-8-16(20)9-7-15/h13-17,23-24H,6-12H2,1-5H3/t14-,15-,16+,17-,19+/m1/s1. The van der Waals surface area contributed by atoms with Crippen LogP contribution in [0.5, 0.6) is 0 Å². The molecule has 1 aliphatic carbocycles. The van der Waals surface area contributed by atoms with E-state index in [1.54, 1.807) is 0 Å². The van der Waals surface area contributed by atoms with Gasteiger partial charge in [-0.25, -0.2) is 0 Å². The molecule has 1 heterocycles. The van der Waals surface area contributed by atoms with E-state index in [1.807, 2.05) is 0 Å². The van der Waals surface area contributed by atoms with Gasteiger partial charge in [0, 0.05) is 23.6 Å². The number of hydrogen-bond acceptors (Lipinski definition) is 2. The van der Waals surface area contributed by atoms with Crippen molar-refractivity contribution in [1.29, 1.82) is 0 Å². The topological polar surface area (TPSA) is 23.5 Å². The smallest absolute Gasteiger partial charge is 0.110 e. The molecule has 0 aromatic heterocycles. The predicted octanol–water partition coefficient (Wildman–Crippen LogP) is 5.89. The summed E-state index contributed by atoms with van der Waals surface area (Å²) in [7, 11) is 0. The molecule has 5 heteroatoms. The Labute approximate surface area is 169 Å². The molecule has 0 bridgehead atoms. The number of aliphatic hydroxyl groups excluding tert-OH is 1. The number of rotatable bonds is 5. The molecule has 0 radical (unpaired) electrons. The van der Waals surface area contributed by atoms with Crippen LogP contribution in [0.4, 0.5) is 0 Å². The zero-order valence-electron chi connectivity index (χ0n) is 16.0. The maximum Gasteiger partial charge on any atom is 0.110 e. The molecule has 1 aliphatic heterocycles. The number of likely N-dealkylation sites (tertiary alicyclic amines) is 1. The van der Waals surface area contributed by atoms with Crippen LogP contribution in [0.2, 0.25) is 0 Å². The van der Waals surface area contributed by atoms with E-state index >= 15 is 0 Å². The first-order valence-electron chi connectivity index (χ1n) is 9.58. The minimum atomic E-state index is -0.307. The molecule has 0 aromatic rings. The molecule has 0 spiro atoms. The van der Waals surface area contributed by atoms with Gasteiger partial charge in [-0.2, -0.15) is 0 Å². The zero-order chi connectivity index (χ0) is 18.1. The average molecular weight is 488 g/mol. The lowest BCUT2D eigenvalue weighted by atomic mass is 9.63. The molecule has 24 heavy (non-hydrogen) atoms. The van der Waals surface area contributed by atoms with E-state index in [2.05, 4.69) is 61.6 Å². The van der Waals surface area contributed by atoms with Crippen LogP contribution in [0.25, 0.3) is 0 Å². The zero-order valence-corrected chi connectivity index (χ0v) is 19.9. The van der Waals surface area contributed by atoms with Gasteiger partial charge in [0.05, 0.1) is 0 Å². The van der Waals surface area contributed by atoms with Crippen LogP contribution < -0.4 is 0 Å². The number of aliphatic hydroxyl groups is 1. The highest BCUT2D eigenvalue weighted by molar-refractivity contribution is 14.2. The van der Waals surface area contributed by atoms with Gasteiger partial charge < -0.3 is 5.11 Å². The fourth-order valence-corrected chi connectivity index (χ4v) is 10.4. The van der Waals surface area contributed by atoms with Crippen LogP contribution in [-0.4, -0.2) is 39.9 Å². The SMILES string of the molecule is CC(C)[C@@H](C)[C@@H](O)N1CC[C@](PI)([C@H]2CC[C@@H](Cl)CC2)C(C)(C)C1. The lowest BCUT2D eigenvalue weighted by molar-refractivity contribution is -0.0947. The third-order valence-corrected chi connectivity index (χ3v) is 12.0. The van der Waals surface area contributed by atoms with E-state index in [1.165, 1.54) is 32.1 Å². The molecule has 4 atom stereocenters. The Morgan fingerprint density at radius 2 is 1.75 bits per heavy atom. The Balaban J connectivity index is 2.14. The minimum Gasteiger partial charge on any atom is -0.378 e. The number of nitrogens with zero attached hydrogens (tertiary/aromatic N) is 1. The summed E-state index contributed by atoms with van der Waals surface area (Å²) in [6.45, 7) is 13.6. The summed E-state index contributed by atoms with van der Waals surface area (Å²) in [6, 6.07) is 0. The van der Waals surface area contributed by atoms with Crippen molar-refractivity contribution in [3.8, 4) is 0 Å². The fraction of sp³-hybridized carbons (Fsp3) is 1.00. The Kier molecular flexibility index (Phi) is 7.75. The van der Waals surface area contributed by atoms with Gasteiger partial charge in [0.25, 0.3) is 0 Å². The van der Waals surface area contributed by atoms with Gasteiger partial charge in [-0.05, 0) is 61.5 Å². The Morgan fingerprint density at radius 1 is 1.17 bits per heavy atom. The first kappa shape index (κ1) is 21.7. The highest BCUT2D eigenvalue weighted by atomic mass is 127. The number of hydrogen-bond donors (Lipinski definition) is 1. The van der Waals surface area contributed by atoms with Crippen molar-refractivity contribution in [2.24, 2.45) is 23.2 Å². The molecule has 142 valence electrons. The molecule has 2 rings (SSSR count). The van der Waals surface area contributed by atoms with E-state index in [0.717, 1.165) is 25.2 Å². The highest BCUT2D eigenvalue weighted by Crippen LogP contribution is 2.62. The maximum atomic E-state index is 10.8. The molecule has 1 saturated carbocycles. The van der Waals surface area contributed by atoms with E-state index in [-0.39, 0.29) is 11.6 Å². The van der Waals surface area contributed by atoms with Crippen molar-refractivity contribution >= 4 is 39.9 Å². The quantitative estimate of drug-likeness (QED) is 0.297. The lowest BCUT2D eigenvalue weighted by Crippen LogP contribution is -2.61. The summed E-state index contributed by atoms with van der Waals surface area (Å²) in [5, 5.41) is 11.7. The van der Waals surface area contributed by atoms with Crippen LogP contribution >= 0.6 is 39.9 Å². The van der Waals surface area contributed by atoms with Gasteiger partial charge in [-0.15, -0.1) is 11.6 Å². The van der Waals surface area contributed by atoms with Crippen LogP contribution in [0.15, 0.2) is 0 Å². The van der Waals surface area contributed by atoms with Crippen LogP contribution in [0.1, 0.15) is 66.7 Å². The molecule has 0 aromatic carbocycles. The molecule has 1 N–H and O–H groups in total. The lowest BCUT2D eigenvalue weighted by Gasteiger charge is -2.58. The van der Waals surface area contributed by atoms with Crippen LogP contribution in [-0.2, 0) is 0 Å². The summed E-state index contributed by atoms with van der Waals surface area (Å²) in [4.78, 5) is 2.35. The largest absolute Gasteiger partial charge is 0.378 e. The van der Waals surface area contributed by atoms with Gasteiger partial charge in [-0.3, -0.25) is 4.90 Å². The molecule has 1 unspecified atom stereocenters. The summed E-state index contributed by atoms with van der Waals surface area (Å²) >= 11 is 9.02. The van der Waals surface area contributed by atoms with E-state index in [4.69, 9.17) is 11.6 Å². The normalized spacial score (nSPS) is 37.9. The van der Waals surface area contributed by atoms with Gasteiger partial charge in [-0.1, -0.05) is 56.7 Å². The minimum absolute atomic E-state index is 0.242. The Hall–Kier alpha value is 1.37. The van der Waals surface area contributed by atoms with E-state index < -0.39 is 0 Å². The molecular formula is C19H36ClINOP. The third kappa shape index (κ3) is 4.26. The Bertz CT molecular complexity index is 414. The van der Waals surface area contributed by atoms with Gasteiger partial charge in [0.2, 0.25) is 0 Å². The van der Waals surface area contributed by atoms with Crippen molar-refractivity contribution in [3.63, 3.8) is 0 Å². The predicted molar refractivity (Wildman–Crippen MR) is 117 cm³/mol. The van der Waals surface area contributed by atoms with Crippen molar-refractivity contribution < 1.29 is 5.11 Å². The molecule has 2 aliphatic rings. The van der Waals surface area contributed by atoms with Gasteiger partial charge in [0.1, 0.15) is 6.23 Å². The van der Waals surface area contributed by atoms with Gasteiger partial charge >= 0.3 is 0 Å². The van der Waals surface area contributed by atoms with Crippen molar-refractivity contribution in [2.75, 3.05) is 13.1 Å². The summed E-state index contributed by atoms with van der Waals surface area (Å²) < 4.78 is 0. The molecular weight excluding hydrogens is 452 g/mol. The van der Waals surface area contributed by atoms with Gasteiger partial charge in [0.15, 0.2) is 0 Å². The maximum absolute atomic E-state index is 10.8.